The van der Waals surface area contributed by atoms with Crippen LogP contribution in [0.5, 0.6) is 5.75 Å². The van der Waals surface area contributed by atoms with Crippen LogP contribution in [0.2, 0.25) is 0 Å². The molecule has 5 heteroatoms. The third kappa shape index (κ3) is 5.53. The maximum Gasteiger partial charge on any atom is 0.306 e. The summed E-state index contributed by atoms with van der Waals surface area (Å²) in [7, 11) is 0. The van der Waals surface area contributed by atoms with Crippen LogP contribution in [0.3, 0.4) is 0 Å². The van der Waals surface area contributed by atoms with E-state index in [0.29, 0.717) is 18.4 Å². The minimum Gasteiger partial charge on any atom is -0.490 e. The number of rotatable bonds is 6. The zero-order chi connectivity index (χ0) is 19.6. The summed E-state index contributed by atoms with van der Waals surface area (Å²) in [6.45, 7) is 9.77. The van der Waals surface area contributed by atoms with Crippen molar-refractivity contribution in [2.75, 3.05) is 23.7 Å². The van der Waals surface area contributed by atoms with Crippen LogP contribution in [-0.4, -0.2) is 30.8 Å². The van der Waals surface area contributed by atoms with Crippen molar-refractivity contribution in [3.8, 4) is 5.75 Å². The number of nitrogens with two attached hydrogens (primary N) is 1. The molecule has 2 fully saturated rings. The molecule has 150 valence electrons. The molecule has 5 nitrogen and oxygen atoms in total. The minimum atomic E-state index is -0.413. The van der Waals surface area contributed by atoms with Crippen LogP contribution < -0.4 is 15.4 Å². The predicted octanol–water partition coefficient (Wildman–Crippen LogP) is 4.46. The highest BCUT2D eigenvalue weighted by Gasteiger charge is 2.28. The van der Waals surface area contributed by atoms with E-state index in [4.69, 9.17) is 15.2 Å². The molecule has 0 bridgehead atoms. The Morgan fingerprint density at radius 3 is 2.67 bits per heavy atom. The molecule has 1 aromatic rings. The summed E-state index contributed by atoms with van der Waals surface area (Å²) in [5, 5.41) is 0. The van der Waals surface area contributed by atoms with E-state index < -0.39 is 5.60 Å². The fourth-order valence-corrected chi connectivity index (χ4v) is 3.83. The molecular formula is C22H34N2O3. The normalized spacial score (nSPS) is 20.4. The molecule has 1 aliphatic heterocycles. The summed E-state index contributed by atoms with van der Waals surface area (Å²) >= 11 is 0. The van der Waals surface area contributed by atoms with Gasteiger partial charge in [-0.1, -0.05) is 0 Å². The predicted molar refractivity (Wildman–Crippen MR) is 109 cm³/mol. The SMILES string of the molecule is Cc1c(OC2CC2)ccc(N)c1N1CCC[C@@H](CCC(=O)OC(C)(C)C)C1. The van der Waals surface area contributed by atoms with Crippen molar-refractivity contribution in [3.05, 3.63) is 17.7 Å². The smallest absolute Gasteiger partial charge is 0.306 e. The second-order valence-corrected chi connectivity index (χ2v) is 9.02. The number of esters is 1. The highest BCUT2D eigenvalue weighted by atomic mass is 16.6. The molecule has 0 amide bonds. The molecule has 2 aliphatic rings. The van der Waals surface area contributed by atoms with Crippen LogP contribution in [0.25, 0.3) is 0 Å². The van der Waals surface area contributed by atoms with E-state index in [-0.39, 0.29) is 5.97 Å². The van der Waals surface area contributed by atoms with E-state index in [2.05, 4.69) is 11.8 Å². The van der Waals surface area contributed by atoms with Gasteiger partial charge in [-0.05, 0) is 77.8 Å². The monoisotopic (exact) mass is 374 g/mol. The van der Waals surface area contributed by atoms with Crippen molar-refractivity contribution in [2.24, 2.45) is 5.92 Å². The Hall–Kier alpha value is -1.91. The third-order valence-electron chi connectivity index (χ3n) is 5.24. The number of anilines is 2. The van der Waals surface area contributed by atoms with Gasteiger partial charge >= 0.3 is 5.97 Å². The minimum absolute atomic E-state index is 0.102. The van der Waals surface area contributed by atoms with Crippen LogP contribution in [0.4, 0.5) is 11.4 Å². The van der Waals surface area contributed by atoms with Gasteiger partial charge < -0.3 is 20.1 Å². The zero-order valence-corrected chi connectivity index (χ0v) is 17.2. The second kappa shape index (κ2) is 7.99. The lowest BCUT2D eigenvalue weighted by molar-refractivity contribution is -0.155. The molecule has 1 saturated carbocycles. The van der Waals surface area contributed by atoms with E-state index in [1.807, 2.05) is 32.9 Å². The Balaban J connectivity index is 1.63. The summed E-state index contributed by atoms with van der Waals surface area (Å²) in [4.78, 5) is 14.4. The lowest BCUT2D eigenvalue weighted by Gasteiger charge is -2.36. The molecule has 0 aromatic heterocycles. The first-order valence-corrected chi connectivity index (χ1v) is 10.3. The quantitative estimate of drug-likeness (QED) is 0.588. The largest absolute Gasteiger partial charge is 0.490 e. The Labute approximate surface area is 163 Å². The highest BCUT2D eigenvalue weighted by Crippen LogP contribution is 2.39. The Bertz CT molecular complexity index is 677. The number of ether oxygens (including phenoxy) is 2. The average Bonchev–Trinajstić information content (AvgIpc) is 3.39. The van der Waals surface area contributed by atoms with E-state index >= 15 is 0 Å². The molecule has 0 unspecified atom stereocenters. The molecule has 0 radical (unpaired) electrons. The molecule has 2 N–H and O–H groups in total. The third-order valence-corrected chi connectivity index (χ3v) is 5.24. The van der Waals surface area contributed by atoms with Gasteiger partial charge in [-0.25, -0.2) is 0 Å². The zero-order valence-electron chi connectivity index (χ0n) is 17.2. The first-order chi connectivity index (χ1) is 12.7. The Kier molecular flexibility index (Phi) is 5.87. The summed E-state index contributed by atoms with van der Waals surface area (Å²) in [6, 6.07) is 3.96. The summed E-state index contributed by atoms with van der Waals surface area (Å²) in [5.41, 5.74) is 8.97. The van der Waals surface area contributed by atoms with E-state index in [1.165, 1.54) is 0 Å². The van der Waals surface area contributed by atoms with E-state index in [9.17, 15) is 4.79 Å². The maximum atomic E-state index is 12.0. The van der Waals surface area contributed by atoms with Gasteiger partial charge in [-0.3, -0.25) is 4.79 Å². The molecular weight excluding hydrogens is 340 g/mol. The second-order valence-electron chi connectivity index (χ2n) is 9.02. The van der Waals surface area contributed by atoms with Gasteiger partial charge in [-0.2, -0.15) is 0 Å². The van der Waals surface area contributed by atoms with Gasteiger partial charge in [0, 0.05) is 25.1 Å². The number of hydrogen-bond donors (Lipinski definition) is 1. The lowest BCUT2D eigenvalue weighted by atomic mass is 9.92. The van der Waals surface area contributed by atoms with Crippen molar-refractivity contribution >= 4 is 17.3 Å². The molecule has 3 rings (SSSR count). The fourth-order valence-electron chi connectivity index (χ4n) is 3.83. The van der Waals surface area contributed by atoms with Gasteiger partial charge in [0.1, 0.15) is 11.4 Å². The molecule has 1 saturated heterocycles. The van der Waals surface area contributed by atoms with Crippen LogP contribution in [0, 0.1) is 12.8 Å². The number of piperidine rings is 1. The van der Waals surface area contributed by atoms with Crippen molar-refractivity contribution in [3.63, 3.8) is 0 Å². The van der Waals surface area contributed by atoms with Gasteiger partial charge in [0.15, 0.2) is 0 Å². The molecule has 27 heavy (non-hydrogen) atoms. The van der Waals surface area contributed by atoms with Gasteiger partial charge in [0.25, 0.3) is 0 Å². The van der Waals surface area contributed by atoms with Crippen molar-refractivity contribution in [2.45, 2.75) is 77.9 Å². The van der Waals surface area contributed by atoms with Crippen molar-refractivity contribution in [1.29, 1.82) is 0 Å². The lowest BCUT2D eigenvalue weighted by Crippen LogP contribution is -2.36. The number of nitrogens with zero attached hydrogens (tertiary/aromatic N) is 1. The first-order valence-electron chi connectivity index (χ1n) is 10.3. The van der Waals surface area contributed by atoms with E-state index in [1.54, 1.807) is 0 Å². The standard InChI is InChI=1S/C22H34N2O3/c1-15-19(26-17-8-9-17)11-10-18(23)21(15)24-13-5-6-16(14-24)7-12-20(25)27-22(2,3)4/h10-11,16-17H,5-9,12-14,23H2,1-4H3/t16-/m0/s1. The van der Waals surface area contributed by atoms with Gasteiger partial charge in [0.05, 0.1) is 17.5 Å². The van der Waals surface area contributed by atoms with Crippen LogP contribution >= 0.6 is 0 Å². The maximum absolute atomic E-state index is 12.0. The first kappa shape index (κ1) is 19.8. The van der Waals surface area contributed by atoms with Crippen molar-refractivity contribution < 1.29 is 14.3 Å². The van der Waals surface area contributed by atoms with Gasteiger partial charge in [0.2, 0.25) is 0 Å². The Morgan fingerprint density at radius 2 is 2.00 bits per heavy atom. The average molecular weight is 375 g/mol. The Morgan fingerprint density at radius 1 is 1.26 bits per heavy atom. The fraction of sp³-hybridized carbons (Fsp3) is 0.682. The van der Waals surface area contributed by atoms with Crippen molar-refractivity contribution in [1.82, 2.24) is 0 Å². The molecule has 0 spiro atoms. The molecule has 1 atom stereocenters. The van der Waals surface area contributed by atoms with Crippen LogP contribution in [0.1, 0.15) is 64.9 Å². The number of nitrogen functional groups attached to an aromatic ring is 1. The number of hydrogen-bond acceptors (Lipinski definition) is 5. The highest BCUT2D eigenvalue weighted by molar-refractivity contribution is 5.75. The number of carbonyl (C=O) groups is 1. The topological polar surface area (TPSA) is 64.8 Å². The number of benzene rings is 1. The summed E-state index contributed by atoms with van der Waals surface area (Å²) in [5.74, 6) is 1.34. The summed E-state index contributed by atoms with van der Waals surface area (Å²) in [6.07, 6.45) is 6.29. The van der Waals surface area contributed by atoms with Crippen LogP contribution in [-0.2, 0) is 9.53 Å². The van der Waals surface area contributed by atoms with E-state index in [0.717, 1.165) is 67.9 Å². The molecule has 1 aromatic carbocycles. The summed E-state index contributed by atoms with van der Waals surface area (Å²) < 4.78 is 11.5. The molecule has 1 heterocycles. The van der Waals surface area contributed by atoms with Gasteiger partial charge in [-0.15, -0.1) is 0 Å². The number of carbonyl (C=O) groups excluding carboxylic acids is 1. The molecule has 1 aliphatic carbocycles. The van der Waals surface area contributed by atoms with Crippen LogP contribution in [0.15, 0.2) is 12.1 Å².